The summed E-state index contributed by atoms with van der Waals surface area (Å²) in [5.41, 5.74) is 11.4. The molecule has 3 nitrogen and oxygen atoms in total. The van der Waals surface area contributed by atoms with Crippen LogP contribution < -0.4 is 4.90 Å². The van der Waals surface area contributed by atoms with Gasteiger partial charge in [-0.15, -0.1) is 0 Å². The van der Waals surface area contributed by atoms with Crippen LogP contribution in [-0.4, -0.2) is 0 Å². The van der Waals surface area contributed by atoms with Crippen molar-refractivity contribution in [2.75, 3.05) is 4.90 Å². The predicted octanol–water partition coefficient (Wildman–Crippen LogP) is 14.6. The Bertz CT molecular complexity index is 3180. The minimum absolute atomic E-state index is 0.893. The monoisotopic (exact) mass is 677 g/mol. The lowest BCUT2D eigenvalue weighted by Crippen LogP contribution is -2.10. The molecule has 0 amide bonds. The average Bonchev–Trinajstić information content (AvgIpc) is 3.80. The molecule has 0 aliphatic carbocycles. The summed E-state index contributed by atoms with van der Waals surface area (Å²) in [6.07, 6.45) is 0. The van der Waals surface area contributed by atoms with Crippen molar-refractivity contribution in [2.24, 2.45) is 0 Å². The minimum atomic E-state index is 0.893. The SMILES string of the molecule is c1cc(-c2ccc3c(c2)oc2ccccc23)cc(N(c2ccc(-c3cccc4oc5c6ccccc6ccc5c34)cc2)c2cccc3ccccc23)c1. The van der Waals surface area contributed by atoms with Gasteiger partial charge in [0.25, 0.3) is 0 Å². The normalized spacial score (nSPS) is 11.8. The molecular weight excluding hydrogens is 647 g/mol. The highest BCUT2D eigenvalue weighted by Crippen LogP contribution is 2.43. The van der Waals surface area contributed by atoms with Crippen LogP contribution in [0.3, 0.4) is 0 Å². The van der Waals surface area contributed by atoms with Crippen molar-refractivity contribution in [1.82, 2.24) is 0 Å². The highest BCUT2D eigenvalue weighted by atomic mass is 16.3. The van der Waals surface area contributed by atoms with Crippen LogP contribution in [0.1, 0.15) is 0 Å². The Morgan fingerprint density at radius 2 is 0.981 bits per heavy atom. The summed E-state index contributed by atoms with van der Waals surface area (Å²) in [7, 11) is 0. The molecule has 248 valence electrons. The minimum Gasteiger partial charge on any atom is -0.456 e. The second kappa shape index (κ2) is 11.7. The standard InChI is InChI=1S/C50H31NO2/c1-3-15-39-32(10-1)12-8-19-45(39)51(38-14-7-13-35(30-38)36-25-28-43-42-17-5-6-20-46(42)52-48(43)31-36)37-26-22-34(23-27-37)40-18-9-21-47-49(40)44-29-24-33-11-2-4-16-41(33)50(44)53-47/h1-31H. The molecule has 0 atom stereocenters. The Kier molecular flexibility index (Phi) is 6.55. The fourth-order valence-corrected chi connectivity index (χ4v) is 8.14. The van der Waals surface area contributed by atoms with Gasteiger partial charge in [-0.25, -0.2) is 0 Å². The predicted molar refractivity (Wildman–Crippen MR) is 222 cm³/mol. The van der Waals surface area contributed by atoms with Gasteiger partial charge in [0.1, 0.15) is 22.3 Å². The molecule has 53 heavy (non-hydrogen) atoms. The lowest BCUT2D eigenvalue weighted by molar-refractivity contribution is 0.669. The first-order valence-electron chi connectivity index (χ1n) is 18.0. The first-order chi connectivity index (χ1) is 26.3. The van der Waals surface area contributed by atoms with E-state index in [-0.39, 0.29) is 0 Å². The molecule has 0 saturated carbocycles. The molecule has 9 aromatic carbocycles. The second-order valence-electron chi connectivity index (χ2n) is 13.7. The smallest absolute Gasteiger partial charge is 0.143 e. The molecule has 0 aliphatic heterocycles. The van der Waals surface area contributed by atoms with Gasteiger partial charge >= 0.3 is 0 Å². The van der Waals surface area contributed by atoms with Crippen LogP contribution in [0.15, 0.2) is 197 Å². The maximum atomic E-state index is 6.52. The van der Waals surface area contributed by atoms with Crippen LogP contribution in [0.25, 0.3) is 87.7 Å². The molecule has 0 aliphatic rings. The molecule has 2 heterocycles. The van der Waals surface area contributed by atoms with Gasteiger partial charge < -0.3 is 13.7 Å². The van der Waals surface area contributed by atoms with Gasteiger partial charge in [-0.1, -0.05) is 127 Å². The largest absolute Gasteiger partial charge is 0.456 e. The Hall–Kier alpha value is -7.10. The third-order valence-corrected chi connectivity index (χ3v) is 10.6. The van der Waals surface area contributed by atoms with Crippen LogP contribution in [-0.2, 0) is 0 Å². The van der Waals surface area contributed by atoms with E-state index in [0.29, 0.717) is 0 Å². The Labute approximate surface area is 305 Å². The molecule has 0 fully saturated rings. The third-order valence-electron chi connectivity index (χ3n) is 10.6. The molecule has 0 saturated heterocycles. The van der Waals surface area contributed by atoms with Crippen LogP contribution >= 0.6 is 0 Å². The van der Waals surface area contributed by atoms with Crippen molar-refractivity contribution in [3.63, 3.8) is 0 Å². The van der Waals surface area contributed by atoms with Crippen LogP contribution in [0.5, 0.6) is 0 Å². The van der Waals surface area contributed by atoms with Crippen molar-refractivity contribution in [3.8, 4) is 22.3 Å². The van der Waals surface area contributed by atoms with E-state index in [1.54, 1.807) is 0 Å². The number of anilines is 3. The van der Waals surface area contributed by atoms with Gasteiger partial charge in [0.05, 0.1) is 5.69 Å². The van der Waals surface area contributed by atoms with E-state index in [2.05, 4.69) is 181 Å². The van der Waals surface area contributed by atoms with E-state index < -0.39 is 0 Å². The molecule has 0 unspecified atom stereocenters. The van der Waals surface area contributed by atoms with Crippen LogP contribution in [0, 0.1) is 0 Å². The highest BCUT2D eigenvalue weighted by Gasteiger charge is 2.19. The van der Waals surface area contributed by atoms with E-state index in [1.165, 1.54) is 16.2 Å². The maximum Gasteiger partial charge on any atom is 0.143 e. The lowest BCUT2D eigenvalue weighted by atomic mass is 9.97. The number of para-hydroxylation sites is 1. The van der Waals surface area contributed by atoms with Crippen molar-refractivity contribution < 1.29 is 8.83 Å². The fourth-order valence-electron chi connectivity index (χ4n) is 8.14. The molecule has 2 aromatic heterocycles. The van der Waals surface area contributed by atoms with Crippen molar-refractivity contribution in [3.05, 3.63) is 188 Å². The number of hydrogen-bond donors (Lipinski definition) is 0. The van der Waals surface area contributed by atoms with Crippen molar-refractivity contribution in [1.29, 1.82) is 0 Å². The fraction of sp³-hybridized carbons (Fsp3) is 0. The number of benzene rings is 9. The lowest BCUT2D eigenvalue weighted by Gasteiger charge is -2.27. The molecule has 0 radical (unpaired) electrons. The summed E-state index contributed by atoms with van der Waals surface area (Å²) in [6.45, 7) is 0. The van der Waals surface area contributed by atoms with Crippen LogP contribution in [0.4, 0.5) is 17.1 Å². The van der Waals surface area contributed by atoms with Gasteiger partial charge in [-0.05, 0) is 93.7 Å². The van der Waals surface area contributed by atoms with Crippen LogP contribution in [0.2, 0.25) is 0 Å². The first kappa shape index (κ1) is 29.6. The summed E-state index contributed by atoms with van der Waals surface area (Å²) in [4.78, 5) is 2.37. The summed E-state index contributed by atoms with van der Waals surface area (Å²) < 4.78 is 12.8. The quantitative estimate of drug-likeness (QED) is 0.182. The third kappa shape index (κ3) is 4.75. The molecular formula is C50H31NO2. The topological polar surface area (TPSA) is 29.5 Å². The molecule has 0 N–H and O–H groups in total. The van der Waals surface area contributed by atoms with Gasteiger partial charge in [0, 0.05) is 43.7 Å². The highest BCUT2D eigenvalue weighted by molar-refractivity contribution is 6.19. The molecule has 3 heteroatoms. The second-order valence-corrected chi connectivity index (χ2v) is 13.7. The summed E-state index contributed by atoms with van der Waals surface area (Å²) >= 11 is 0. The van der Waals surface area contributed by atoms with E-state index in [1.807, 2.05) is 12.1 Å². The zero-order valence-corrected chi connectivity index (χ0v) is 28.7. The van der Waals surface area contributed by atoms with Gasteiger partial charge in [-0.3, -0.25) is 0 Å². The van der Waals surface area contributed by atoms with Gasteiger partial charge in [0.15, 0.2) is 0 Å². The first-order valence-corrected chi connectivity index (χ1v) is 18.0. The number of fused-ring (bicyclic) bond motifs is 9. The molecule has 0 spiro atoms. The van der Waals surface area contributed by atoms with E-state index in [9.17, 15) is 0 Å². The number of rotatable bonds is 5. The zero-order valence-electron chi connectivity index (χ0n) is 28.7. The molecule has 11 rings (SSSR count). The number of nitrogens with zero attached hydrogens (tertiary/aromatic N) is 1. The average molecular weight is 678 g/mol. The summed E-state index contributed by atoms with van der Waals surface area (Å²) in [5.74, 6) is 0. The Morgan fingerprint density at radius 1 is 0.340 bits per heavy atom. The van der Waals surface area contributed by atoms with Gasteiger partial charge in [-0.2, -0.15) is 0 Å². The van der Waals surface area contributed by atoms with Crippen molar-refractivity contribution >= 4 is 82.5 Å². The maximum absolute atomic E-state index is 6.52. The molecule has 0 bridgehead atoms. The number of hydrogen-bond acceptors (Lipinski definition) is 3. The summed E-state index contributed by atoms with van der Waals surface area (Å²) in [6, 6.07) is 66.8. The van der Waals surface area contributed by atoms with E-state index >= 15 is 0 Å². The molecule has 11 aromatic rings. The Morgan fingerprint density at radius 3 is 1.87 bits per heavy atom. The Balaban J connectivity index is 1.05. The number of furan rings is 2. The summed E-state index contributed by atoms with van der Waals surface area (Å²) in [5, 5.41) is 9.24. The van der Waals surface area contributed by atoms with E-state index in [0.717, 1.165) is 88.6 Å². The van der Waals surface area contributed by atoms with Gasteiger partial charge in [0.2, 0.25) is 0 Å². The van der Waals surface area contributed by atoms with Crippen molar-refractivity contribution in [2.45, 2.75) is 0 Å². The zero-order chi connectivity index (χ0) is 34.9. The van der Waals surface area contributed by atoms with E-state index in [4.69, 9.17) is 8.83 Å².